The fourth-order valence-electron chi connectivity index (χ4n) is 3.68. The lowest BCUT2D eigenvalue weighted by atomic mass is 9.95. The Morgan fingerprint density at radius 3 is 2.60 bits per heavy atom. The van der Waals surface area contributed by atoms with Crippen molar-refractivity contribution in [1.29, 1.82) is 0 Å². The minimum Gasteiger partial charge on any atom is -0.353 e. The highest BCUT2D eigenvalue weighted by atomic mass is 35.5. The van der Waals surface area contributed by atoms with Crippen LogP contribution in [-0.2, 0) is 4.79 Å². The van der Waals surface area contributed by atoms with Gasteiger partial charge in [0, 0.05) is 11.6 Å². The zero-order valence-electron chi connectivity index (χ0n) is 16.4. The molecule has 0 unspecified atom stereocenters. The summed E-state index contributed by atoms with van der Waals surface area (Å²) in [6, 6.07) is 13.9. The molecule has 0 bridgehead atoms. The van der Waals surface area contributed by atoms with Gasteiger partial charge in [-0.25, -0.2) is 4.39 Å². The normalized spacial score (nSPS) is 14.6. The summed E-state index contributed by atoms with van der Waals surface area (Å²) in [6.07, 6.45) is 5.59. The van der Waals surface area contributed by atoms with Crippen LogP contribution in [0.5, 0.6) is 0 Å². The summed E-state index contributed by atoms with van der Waals surface area (Å²) in [6.45, 7) is 0. The van der Waals surface area contributed by atoms with Crippen LogP contribution in [0.15, 0.2) is 53.7 Å². The van der Waals surface area contributed by atoms with E-state index in [0.717, 1.165) is 25.7 Å². The van der Waals surface area contributed by atoms with Gasteiger partial charge >= 0.3 is 0 Å². The van der Waals surface area contributed by atoms with Gasteiger partial charge in [0.2, 0.25) is 5.91 Å². The molecule has 1 heterocycles. The maximum atomic E-state index is 14.6. The van der Waals surface area contributed by atoms with Gasteiger partial charge in [0.05, 0.1) is 16.5 Å². The van der Waals surface area contributed by atoms with Crippen molar-refractivity contribution >= 4 is 29.3 Å². The van der Waals surface area contributed by atoms with Crippen LogP contribution in [0.3, 0.4) is 0 Å². The van der Waals surface area contributed by atoms with Gasteiger partial charge in [0.1, 0.15) is 5.82 Å². The van der Waals surface area contributed by atoms with Gasteiger partial charge in [0.25, 0.3) is 0 Å². The lowest BCUT2D eigenvalue weighted by Crippen LogP contribution is -2.37. The summed E-state index contributed by atoms with van der Waals surface area (Å²) in [4.78, 5) is 12.4. The predicted octanol–water partition coefficient (Wildman–Crippen LogP) is 5.27. The second-order valence-corrected chi connectivity index (χ2v) is 8.61. The second-order valence-electron chi connectivity index (χ2n) is 7.26. The van der Waals surface area contributed by atoms with Gasteiger partial charge in [-0.3, -0.25) is 9.36 Å². The number of hydrogen-bond donors (Lipinski definition) is 1. The Morgan fingerprint density at radius 1 is 1.10 bits per heavy atom. The summed E-state index contributed by atoms with van der Waals surface area (Å²) in [5.74, 6) is 0.167. The zero-order chi connectivity index (χ0) is 20.9. The number of rotatable bonds is 6. The van der Waals surface area contributed by atoms with E-state index in [0.29, 0.717) is 27.3 Å². The van der Waals surface area contributed by atoms with E-state index in [9.17, 15) is 9.18 Å². The van der Waals surface area contributed by atoms with Crippen molar-refractivity contribution in [3.63, 3.8) is 0 Å². The Hall–Kier alpha value is -2.38. The first kappa shape index (κ1) is 20.9. The van der Waals surface area contributed by atoms with E-state index >= 15 is 0 Å². The molecular weight excluding hydrogens is 423 g/mol. The van der Waals surface area contributed by atoms with Crippen LogP contribution < -0.4 is 5.32 Å². The van der Waals surface area contributed by atoms with E-state index in [-0.39, 0.29) is 17.7 Å². The van der Waals surface area contributed by atoms with E-state index in [1.807, 2.05) is 18.2 Å². The molecule has 8 heteroatoms. The number of thioether (sulfide) groups is 1. The van der Waals surface area contributed by atoms with Crippen LogP contribution >= 0.6 is 23.4 Å². The van der Waals surface area contributed by atoms with Crippen LogP contribution in [0, 0.1) is 5.82 Å². The average Bonchev–Trinajstić information content (AvgIpc) is 3.17. The SMILES string of the molecule is O=C(CSc1nnc(-c2ccccc2Cl)n1-c1ccccc1F)NC1CCCCC1. The van der Waals surface area contributed by atoms with E-state index in [4.69, 9.17) is 11.6 Å². The summed E-state index contributed by atoms with van der Waals surface area (Å²) >= 11 is 7.59. The largest absolute Gasteiger partial charge is 0.353 e. The third kappa shape index (κ3) is 4.68. The quantitative estimate of drug-likeness (QED) is 0.526. The number of carbonyl (C=O) groups is 1. The Kier molecular flexibility index (Phi) is 6.69. The van der Waals surface area contributed by atoms with Crippen LogP contribution in [0.1, 0.15) is 32.1 Å². The standard InChI is InChI=1S/C22H22ClFN4OS/c23-17-11-5-4-10-16(17)21-26-27-22(28(21)19-13-7-6-12-18(19)24)30-14-20(29)25-15-8-2-1-3-9-15/h4-7,10-13,15H,1-3,8-9,14H2,(H,25,29). The monoisotopic (exact) mass is 444 g/mol. The van der Waals surface area contributed by atoms with Crippen LogP contribution in [-0.4, -0.2) is 32.5 Å². The molecule has 1 saturated carbocycles. The average molecular weight is 445 g/mol. The van der Waals surface area contributed by atoms with Crippen molar-refractivity contribution in [2.45, 2.75) is 43.3 Å². The maximum Gasteiger partial charge on any atom is 0.230 e. The van der Waals surface area contributed by atoms with Crippen LogP contribution in [0.4, 0.5) is 4.39 Å². The number of aromatic nitrogens is 3. The zero-order valence-corrected chi connectivity index (χ0v) is 17.9. The molecule has 1 aliphatic rings. The summed E-state index contributed by atoms with van der Waals surface area (Å²) in [7, 11) is 0. The molecule has 30 heavy (non-hydrogen) atoms. The van der Waals surface area contributed by atoms with E-state index in [1.165, 1.54) is 24.2 Å². The topological polar surface area (TPSA) is 59.8 Å². The first-order valence-electron chi connectivity index (χ1n) is 10.0. The van der Waals surface area contributed by atoms with Gasteiger partial charge < -0.3 is 5.32 Å². The molecule has 156 valence electrons. The molecule has 1 N–H and O–H groups in total. The van der Waals surface area contributed by atoms with Crippen molar-refractivity contribution in [3.05, 3.63) is 59.4 Å². The molecule has 0 radical (unpaired) electrons. The number of halogens is 2. The maximum absolute atomic E-state index is 14.6. The number of nitrogens with one attached hydrogen (secondary N) is 1. The van der Waals surface area contributed by atoms with E-state index in [2.05, 4.69) is 15.5 Å². The molecular formula is C22H22ClFN4OS. The molecule has 0 atom stereocenters. The molecule has 0 aliphatic heterocycles. The Labute approximate surface area is 184 Å². The molecule has 4 rings (SSSR count). The number of amides is 1. The predicted molar refractivity (Wildman–Crippen MR) is 118 cm³/mol. The highest BCUT2D eigenvalue weighted by Crippen LogP contribution is 2.32. The molecule has 1 fully saturated rings. The molecule has 1 aliphatic carbocycles. The number of carbonyl (C=O) groups excluding carboxylic acids is 1. The van der Waals surface area contributed by atoms with Gasteiger partial charge in [-0.1, -0.05) is 66.9 Å². The highest BCUT2D eigenvalue weighted by molar-refractivity contribution is 7.99. The first-order chi connectivity index (χ1) is 14.6. The number of nitrogens with zero attached hydrogens (tertiary/aromatic N) is 3. The molecule has 1 aromatic heterocycles. The summed E-state index contributed by atoms with van der Waals surface area (Å²) < 4.78 is 16.3. The summed E-state index contributed by atoms with van der Waals surface area (Å²) in [5, 5.41) is 12.5. The molecule has 1 amide bonds. The van der Waals surface area contributed by atoms with Crippen molar-refractivity contribution in [3.8, 4) is 17.1 Å². The number of para-hydroxylation sites is 1. The second kappa shape index (κ2) is 9.62. The van der Waals surface area contributed by atoms with Crippen molar-refractivity contribution in [1.82, 2.24) is 20.1 Å². The molecule has 0 saturated heterocycles. The Balaban J connectivity index is 1.61. The number of benzene rings is 2. The molecule has 3 aromatic rings. The fourth-order valence-corrected chi connectivity index (χ4v) is 4.65. The molecule has 5 nitrogen and oxygen atoms in total. The third-order valence-electron chi connectivity index (χ3n) is 5.14. The minimum absolute atomic E-state index is 0.0470. The van der Waals surface area contributed by atoms with E-state index < -0.39 is 5.82 Å². The van der Waals surface area contributed by atoms with Crippen molar-refractivity contribution in [2.24, 2.45) is 0 Å². The lowest BCUT2D eigenvalue weighted by molar-refractivity contribution is -0.119. The van der Waals surface area contributed by atoms with Gasteiger partial charge in [0.15, 0.2) is 11.0 Å². The van der Waals surface area contributed by atoms with Gasteiger partial charge in [-0.05, 0) is 37.1 Å². The van der Waals surface area contributed by atoms with E-state index in [1.54, 1.807) is 28.8 Å². The Morgan fingerprint density at radius 2 is 1.83 bits per heavy atom. The number of hydrogen-bond acceptors (Lipinski definition) is 4. The van der Waals surface area contributed by atoms with Crippen molar-refractivity contribution < 1.29 is 9.18 Å². The van der Waals surface area contributed by atoms with Gasteiger partial charge in [-0.15, -0.1) is 10.2 Å². The molecule has 0 spiro atoms. The van der Waals surface area contributed by atoms with Crippen LogP contribution in [0.25, 0.3) is 17.1 Å². The molecule has 2 aromatic carbocycles. The van der Waals surface area contributed by atoms with Crippen LogP contribution in [0.2, 0.25) is 5.02 Å². The fraction of sp³-hybridized carbons (Fsp3) is 0.318. The van der Waals surface area contributed by atoms with Crippen molar-refractivity contribution in [2.75, 3.05) is 5.75 Å². The Bertz CT molecular complexity index is 1040. The summed E-state index contributed by atoms with van der Waals surface area (Å²) in [5.41, 5.74) is 0.959. The minimum atomic E-state index is -0.404. The first-order valence-corrected chi connectivity index (χ1v) is 11.4. The lowest BCUT2D eigenvalue weighted by Gasteiger charge is -2.22. The van der Waals surface area contributed by atoms with Gasteiger partial charge in [-0.2, -0.15) is 0 Å². The highest BCUT2D eigenvalue weighted by Gasteiger charge is 2.21. The third-order valence-corrected chi connectivity index (χ3v) is 6.40. The smallest absolute Gasteiger partial charge is 0.230 e.